The van der Waals surface area contributed by atoms with Crippen LogP contribution in [0.3, 0.4) is 0 Å². The van der Waals surface area contributed by atoms with E-state index in [0.29, 0.717) is 12.8 Å². The average Bonchev–Trinajstić information content (AvgIpc) is 2.16. The van der Waals surface area contributed by atoms with Crippen LogP contribution in [-0.4, -0.2) is 30.8 Å². The number of aliphatic carboxylic acids is 1. The van der Waals surface area contributed by atoms with Crippen LogP contribution in [0.15, 0.2) is 0 Å². The van der Waals surface area contributed by atoms with Gasteiger partial charge in [0.1, 0.15) is 6.04 Å². The van der Waals surface area contributed by atoms with Crippen molar-refractivity contribution in [3.05, 3.63) is 0 Å². The van der Waals surface area contributed by atoms with Crippen LogP contribution in [0.5, 0.6) is 0 Å². The van der Waals surface area contributed by atoms with E-state index in [4.69, 9.17) is 5.11 Å². The zero-order chi connectivity index (χ0) is 12.8. The molecule has 0 aromatic heterocycles. The molecule has 16 heavy (non-hydrogen) atoms. The topological polar surface area (TPSA) is 83.5 Å². The van der Waals surface area contributed by atoms with Crippen LogP contribution in [0.4, 0.5) is 0 Å². The smallest absolute Gasteiger partial charge is 0.321 e. The summed E-state index contributed by atoms with van der Waals surface area (Å²) in [5.41, 5.74) is 0. The normalized spacial score (nSPS) is 14.0. The second kappa shape index (κ2) is 6.85. The Morgan fingerprint density at radius 2 is 1.69 bits per heavy atom. The summed E-state index contributed by atoms with van der Waals surface area (Å²) in [7, 11) is -3.52. The third-order valence-electron chi connectivity index (χ3n) is 2.37. The van der Waals surface area contributed by atoms with Gasteiger partial charge in [0.15, 0.2) is 0 Å². The number of rotatable bonds is 8. The Morgan fingerprint density at radius 3 is 2.00 bits per heavy atom. The van der Waals surface area contributed by atoms with Crippen molar-refractivity contribution in [1.29, 1.82) is 0 Å². The first-order valence-corrected chi connectivity index (χ1v) is 7.13. The van der Waals surface area contributed by atoms with E-state index in [9.17, 15) is 13.2 Å². The van der Waals surface area contributed by atoms with Crippen molar-refractivity contribution in [1.82, 2.24) is 4.72 Å². The van der Waals surface area contributed by atoms with Gasteiger partial charge in [0.25, 0.3) is 0 Å². The highest BCUT2D eigenvalue weighted by Crippen LogP contribution is 2.14. The Labute approximate surface area is 97.3 Å². The monoisotopic (exact) mass is 251 g/mol. The van der Waals surface area contributed by atoms with Crippen molar-refractivity contribution in [3.8, 4) is 0 Å². The molecule has 0 bridgehead atoms. The van der Waals surface area contributed by atoms with Gasteiger partial charge in [-0.2, -0.15) is 0 Å². The van der Waals surface area contributed by atoms with Gasteiger partial charge in [0.2, 0.25) is 10.0 Å². The van der Waals surface area contributed by atoms with Crippen molar-refractivity contribution >= 4 is 16.0 Å². The largest absolute Gasteiger partial charge is 0.480 e. The van der Waals surface area contributed by atoms with Gasteiger partial charge in [0, 0.05) is 0 Å². The molecule has 0 aromatic rings. The maximum Gasteiger partial charge on any atom is 0.321 e. The average molecular weight is 251 g/mol. The van der Waals surface area contributed by atoms with Gasteiger partial charge >= 0.3 is 5.97 Å². The summed E-state index contributed by atoms with van der Waals surface area (Å²) in [6, 6.07) is -1.07. The van der Waals surface area contributed by atoms with Crippen LogP contribution in [0.2, 0.25) is 0 Å². The minimum absolute atomic E-state index is 0.482. The number of hydrogen-bond donors (Lipinski definition) is 2. The molecular weight excluding hydrogens is 230 g/mol. The molecule has 0 aliphatic heterocycles. The van der Waals surface area contributed by atoms with Crippen LogP contribution in [0, 0.1) is 0 Å². The molecule has 2 N–H and O–H groups in total. The van der Waals surface area contributed by atoms with E-state index >= 15 is 0 Å². The summed E-state index contributed by atoms with van der Waals surface area (Å²) in [6.07, 6.45) is 2.67. The Morgan fingerprint density at radius 1 is 1.25 bits per heavy atom. The molecule has 0 rings (SSSR count). The standard InChI is InChI=1S/C10H21NO4S/c1-4-6-9(7-5-2)16(14,15)11-8(3)10(12)13/h8-9,11H,4-7H2,1-3H3,(H,12,13)/t8-/m0/s1. The van der Waals surface area contributed by atoms with Crippen LogP contribution in [0.25, 0.3) is 0 Å². The van der Waals surface area contributed by atoms with Crippen LogP contribution in [-0.2, 0) is 14.8 Å². The van der Waals surface area contributed by atoms with E-state index in [-0.39, 0.29) is 0 Å². The fourth-order valence-corrected chi connectivity index (χ4v) is 3.37. The Balaban J connectivity index is 4.65. The highest BCUT2D eigenvalue weighted by Gasteiger charge is 2.27. The van der Waals surface area contributed by atoms with Crippen molar-refractivity contribution in [2.75, 3.05) is 0 Å². The number of sulfonamides is 1. The fourth-order valence-electron chi connectivity index (χ4n) is 1.49. The minimum Gasteiger partial charge on any atom is -0.480 e. The Kier molecular flexibility index (Phi) is 6.59. The lowest BCUT2D eigenvalue weighted by Crippen LogP contribution is -2.43. The van der Waals surface area contributed by atoms with E-state index < -0.39 is 27.3 Å². The zero-order valence-electron chi connectivity index (χ0n) is 10.1. The van der Waals surface area contributed by atoms with Gasteiger partial charge in [-0.25, -0.2) is 13.1 Å². The number of nitrogens with one attached hydrogen (secondary N) is 1. The number of carbonyl (C=O) groups is 1. The molecule has 0 aliphatic rings. The van der Waals surface area contributed by atoms with Gasteiger partial charge < -0.3 is 5.11 Å². The molecule has 96 valence electrons. The van der Waals surface area contributed by atoms with Crippen molar-refractivity contribution in [3.63, 3.8) is 0 Å². The predicted octanol–water partition coefficient (Wildman–Crippen LogP) is 1.35. The van der Waals surface area contributed by atoms with Crippen LogP contribution < -0.4 is 4.72 Å². The first-order chi connectivity index (χ1) is 7.35. The Hall–Kier alpha value is -0.620. The molecule has 0 spiro atoms. The Bertz CT molecular complexity index is 307. The number of carboxylic acids is 1. The quantitative estimate of drug-likeness (QED) is 0.682. The molecule has 5 nitrogen and oxygen atoms in total. The maximum absolute atomic E-state index is 11.9. The molecule has 1 atom stereocenters. The number of carboxylic acid groups (broad SMARTS) is 1. The minimum atomic E-state index is -3.52. The molecule has 6 heteroatoms. The molecule has 0 saturated carbocycles. The molecule has 0 aliphatic carbocycles. The van der Waals surface area contributed by atoms with E-state index in [2.05, 4.69) is 4.72 Å². The molecule has 0 unspecified atom stereocenters. The molecule has 0 heterocycles. The summed E-state index contributed by atoms with van der Waals surface area (Å²) in [5.74, 6) is -1.16. The highest BCUT2D eigenvalue weighted by atomic mass is 32.2. The second-order valence-corrected chi connectivity index (χ2v) is 5.91. The molecule has 0 fully saturated rings. The second-order valence-electron chi connectivity index (χ2n) is 3.92. The SMILES string of the molecule is CCCC(CCC)S(=O)(=O)N[C@@H](C)C(=O)O. The predicted molar refractivity (Wildman–Crippen MR) is 62.8 cm³/mol. The van der Waals surface area contributed by atoms with Crippen LogP contribution >= 0.6 is 0 Å². The molecule has 0 amide bonds. The van der Waals surface area contributed by atoms with E-state index in [1.165, 1.54) is 6.92 Å². The van der Waals surface area contributed by atoms with Gasteiger partial charge in [-0.05, 0) is 19.8 Å². The third kappa shape index (κ3) is 4.94. The lowest BCUT2D eigenvalue weighted by Gasteiger charge is -2.18. The zero-order valence-corrected chi connectivity index (χ0v) is 10.9. The van der Waals surface area contributed by atoms with Crippen molar-refractivity contribution in [2.45, 2.75) is 57.7 Å². The van der Waals surface area contributed by atoms with E-state index in [1.54, 1.807) is 0 Å². The van der Waals surface area contributed by atoms with Gasteiger partial charge in [0.05, 0.1) is 5.25 Å². The number of hydrogen-bond acceptors (Lipinski definition) is 3. The molecule has 0 aromatic carbocycles. The first-order valence-electron chi connectivity index (χ1n) is 5.59. The van der Waals surface area contributed by atoms with Gasteiger partial charge in [-0.3, -0.25) is 4.79 Å². The summed E-state index contributed by atoms with van der Waals surface area (Å²) in [6.45, 7) is 5.16. The van der Waals surface area contributed by atoms with E-state index in [0.717, 1.165) is 12.8 Å². The van der Waals surface area contributed by atoms with Gasteiger partial charge in [-0.1, -0.05) is 26.7 Å². The first kappa shape index (κ1) is 15.4. The maximum atomic E-state index is 11.9. The third-order valence-corrected chi connectivity index (χ3v) is 4.40. The molecule has 0 saturated heterocycles. The lowest BCUT2D eigenvalue weighted by molar-refractivity contribution is -0.138. The lowest BCUT2D eigenvalue weighted by atomic mass is 10.2. The molecule has 0 radical (unpaired) electrons. The summed E-state index contributed by atoms with van der Waals surface area (Å²) in [4.78, 5) is 10.6. The summed E-state index contributed by atoms with van der Waals surface area (Å²) in [5, 5.41) is 8.18. The van der Waals surface area contributed by atoms with Crippen molar-refractivity contribution < 1.29 is 18.3 Å². The fraction of sp³-hybridized carbons (Fsp3) is 0.900. The highest BCUT2D eigenvalue weighted by molar-refractivity contribution is 7.90. The van der Waals surface area contributed by atoms with Crippen LogP contribution in [0.1, 0.15) is 46.5 Å². The molecular formula is C10H21NO4S. The summed E-state index contributed by atoms with van der Waals surface area (Å²) >= 11 is 0. The van der Waals surface area contributed by atoms with Crippen molar-refractivity contribution in [2.24, 2.45) is 0 Å². The van der Waals surface area contributed by atoms with Gasteiger partial charge in [-0.15, -0.1) is 0 Å². The summed E-state index contributed by atoms with van der Waals surface area (Å²) < 4.78 is 25.9. The van der Waals surface area contributed by atoms with E-state index in [1.807, 2.05) is 13.8 Å².